The van der Waals surface area contributed by atoms with Crippen molar-refractivity contribution in [3.8, 4) is 0 Å². The summed E-state index contributed by atoms with van der Waals surface area (Å²) in [5.41, 5.74) is 0.224. The maximum absolute atomic E-state index is 11.8. The molecular weight excluding hydrogens is 314 g/mol. The number of hydrogen-bond donors (Lipinski definition) is 3. The zero-order valence-corrected chi connectivity index (χ0v) is 16.0. The van der Waals surface area contributed by atoms with Crippen LogP contribution in [-0.4, -0.2) is 27.8 Å². The third kappa shape index (κ3) is 2.36. The van der Waals surface area contributed by atoms with E-state index in [-0.39, 0.29) is 34.7 Å². The van der Waals surface area contributed by atoms with Crippen LogP contribution in [0.4, 0.5) is 0 Å². The van der Waals surface area contributed by atoms with Crippen LogP contribution in [0.1, 0.15) is 66.2 Å². The van der Waals surface area contributed by atoms with Crippen LogP contribution >= 0.6 is 0 Å². The average Bonchev–Trinajstić information content (AvgIpc) is 2.84. The number of aliphatic hydroxyl groups is 2. The van der Waals surface area contributed by atoms with Crippen molar-refractivity contribution < 1.29 is 15.0 Å². The van der Waals surface area contributed by atoms with Gasteiger partial charge in [-0.05, 0) is 75.0 Å². The molecule has 7 atom stereocenters. The summed E-state index contributed by atoms with van der Waals surface area (Å²) in [6, 6.07) is 0. The highest BCUT2D eigenvalue weighted by Crippen LogP contribution is 2.66. The van der Waals surface area contributed by atoms with Gasteiger partial charge in [0.25, 0.3) is 0 Å². The zero-order chi connectivity index (χ0) is 18.2. The Kier molecular flexibility index (Phi) is 3.73. The molecule has 2 saturated carbocycles. The normalized spacial score (nSPS) is 49.6. The van der Waals surface area contributed by atoms with Crippen LogP contribution in [0.2, 0.25) is 0 Å². The zero-order valence-electron chi connectivity index (χ0n) is 16.0. The van der Waals surface area contributed by atoms with Gasteiger partial charge in [0.15, 0.2) is 0 Å². The molecule has 1 aliphatic heterocycles. The Morgan fingerprint density at radius 1 is 1.28 bits per heavy atom. The first-order chi connectivity index (χ1) is 11.6. The van der Waals surface area contributed by atoms with E-state index in [1.165, 1.54) is 0 Å². The number of piperidine rings is 1. The molecule has 3 aliphatic carbocycles. The van der Waals surface area contributed by atoms with Gasteiger partial charge in [0.1, 0.15) is 0 Å². The lowest BCUT2D eigenvalue weighted by Crippen LogP contribution is -2.59. The summed E-state index contributed by atoms with van der Waals surface area (Å²) in [5, 5.41) is 25.1. The molecule has 0 aromatic carbocycles. The minimum absolute atomic E-state index is 0.00154. The predicted octanol–water partition coefficient (Wildman–Crippen LogP) is 2.99. The third-order valence-corrected chi connectivity index (χ3v) is 8.39. The van der Waals surface area contributed by atoms with Gasteiger partial charge in [-0.2, -0.15) is 0 Å². The minimum atomic E-state index is -0.700. The monoisotopic (exact) mass is 347 g/mol. The summed E-state index contributed by atoms with van der Waals surface area (Å²) < 4.78 is 0. The summed E-state index contributed by atoms with van der Waals surface area (Å²) in [6.07, 6.45) is 7.15. The molecular formula is C21H33NO3. The van der Waals surface area contributed by atoms with Crippen molar-refractivity contribution in [2.75, 3.05) is 0 Å². The molecule has 1 heterocycles. The third-order valence-electron chi connectivity index (χ3n) is 8.39. The van der Waals surface area contributed by atoms with E-state index in [1.54, 1.807) is 0 Å². The van der Waals surface area contributed by atoms with Gasteiger partial charge in [-0.3, -0.25) is 4.79 Å². The largest absolute Gasteiger partial charge is 0.393 e. The van der Waals surface area contributed by atoms with Gasteiger partial charge in [0, 0.05) is 17.5 Å². The molecule has 0 bridgehead atoms. The minimum Gasteiger partial charge on any atom is -0.393 e. The van der Waals surface area contributed by atoms with Crippen molar-refractivity contribution in [2.45, 2.75) is 77.9 Å². The second kappa shape index (κ2) is 5.32. The Morgan fingerprint density at radius 2 is 2.00 bits per heavy atom. The smallest absolute Gasteiger partial charge is 0.224 e. The molecule has 1 amide bonds. The molecule has 3 fully saturated rings. The Balaban J connectivity index is 1.72. The molecule has 1 saturated heterocycles. The maximum Gasteiger partial charge on any atom is 0.224 e. The molecule has 4 unspecified atom stereocenters. The second-order valence-electron chi connectivity index (χ2n) is 10.2. The number of rotatable bonds is 1. The van der Waals surface area contributed by atoms with Crippen molar-refractivity contribution in [3.05, 3.63) is 11.8 Å². The van der Waals surface area contributed by atoms with Crippen LogP contribution in [0, 0.1) is 34.5 Å². The summed E-state index contributed by atoms with van der Waals surface area (Å²) in [7, 11) is 0. The molecule has 0 aromatic rings. The number of hydrogen-bond acceptors (Lipinski definition) is 3. The van der Waals surface area contributed by atoms with Crippen LogP contribution < -0.4 is 5.32 Å². The van der Waals surface area contributed by atoms with Gasteiger partial charge < -0.3 is 15.5 Å². The molecule has 4 heteroatoms. The topological polar surface area (TPSA) is 69.6 Å². The molecule has 0 radical (unpaired) electrons. The predicted molar refractivity (Wildman–Crippen MR) is 96.4 cm³/mol. The molecule has 25 heavy (non-hydrogen) atoms. The van der Waals surface area contributed by atoms with Crippen LogP contribution in [0.3, 0.4) is 0 Å². The fourth-order valence-electron chi connectivity index (χ4n) is 7.49. The number of aliphatic hydroxyl groups excluding tert-OH is 1. The summed E-state index contributed by atoms with van der Waals surface area (Å²) >= 11 is 0. The number of allylic oxidation sites excluding steroid dienone is 2. The quantitative estimate of drug-likeness (QED) is 0.683. The van der Waals surface area contributed by atoms with Gasteiger partial charge >= 0.3 is 0 Å². The number of fused-ring (bicyclic) bond motifs is 5. The first-order valence-electron chi connectivity index (χ1n) is 9.98. The molecule has 4 aliphatic rings. The van der Waals surface area contributed by atoms with Crippen molar-refractivity contribution in [2.24, 2.45) is 34.5 Å². The Morgan fingerprint density at radius 3 is 2.68 bits per heavy atom. The average molecular weight is 347 g/mol. The Labute approximate surface area is 151 Å². The van der Waals surface area contributed by atoms with Gasteiger partial charge in [0.05, 0.1) is 11.7 Å². The van der Waals surface area contributed by atoms with E-state index in [4.69, 9.17) is 0 Å². The maximum atomic E-state index is 11.8. The Hall–Kier alpha value is -0.870. The van der Waals surface area contributed by atoms with E-state index >= 15 is 0 Å². The standard InChI is InChI=1S/C21H33NO3/c1-19(2,25)15-7-6-13-12-5-8-16-20(3,10-9-17(24)22-16)18(12)14(23)11-21(13,15)4/h8,12-15,18,23,25H,5-7,9-11H2,1-4H3,(H,22,24)/t12?,13?,14?,15-,18?,20+,21+/m1/s1. The lowest BCUT2D eigenvalue weighted by Gasteiger charge is -2.59. The molecule has 4 rings (SSSR count). The number of carbonyl (C=O) groups is 1. The van der Waals surface area contributed by atoms with Crippen molar-refractivity contribution in [1.29, 1.82) is 0 Å². The van der Waals surface area contributed by atoms with Gasteiger partial charge in [-0.15, -0.1) is 0 Å². The van der Waals surface area contributed by atoms with Crippen LogP contribution in [0.25, 0.3) is 0 Å². The second-order valence-corrected chi connectivity index (χ2v) is 10.2. The Bertz CT molecular complexity index is 621. The van der Waals surface area contributed by atoms with E-state index < -0.39 is 5.60 Å². The number of nitrogens with one attached hydrogen (secondary N) is 1. The van der Waals surface area contributed by atoms with Crippen LogP contribution in [0.15, 0.2) is 11.8 Å². The van der Waals surface area contributed by atoms with Gasteiger partial charge in [-0.25, -0.2) is 0 Å². The van der Waals surface area contributed by atoms with Crippen LogP contribution in [0.5, 0.6) is 0 Å². The summed E-state index contributed by atoms with van der Waals surface area (Å²) in [6.45, 7) is 8.40. The van der Waals surface area contributed by atoms with Crippen molar-refractivity contribution in [3.63, 3.8) is 0 Å². The lowest BCUT2D eigenvalue weighted by molar-refractivity contribution is -0.149. The highest BCUT2D eigenvalue weighted by atomic mass is 16.3. The number of carbonyl (C=O) groups excluding carboxylic acids is 1. The summed E-state index contributed by atoms with van der Waals surface area (Å²) in [5.74, 6) is 1.56. The molecule has 3 N–H and O–H groups in total. The first kappa shape index (κ1) is 17.5. The molecule has 0 aromatic heterocycles. The van der Waals surface area contributed by atoms with Crippen molar-refractivity contribution >= 4 is 5.91 Å². The molecule has 0 spiro atoms. The van der Waals surface area contributed by atoms with E-state index in [0.29, 0.717) is 18.3 Å². The highest BCUT2D eigenvalue weighted by Gasteiger charge is 2.63. The van der Waals surface area contributed by atoms with Crippen LogP contribution in [-0.2, 0) is 4.79 Å². The molecule has 140 valence electrons. The number of amides is 1. The van der Waals surface area contributed by atoms with E-state index in [9.17, 15) is 15.0 Å². The highest BCUT2D eigenvalue weighted by molar-refractivity contribution is 5.79. The van der Waals surface area contributed by atoms with Gasteiger partial charge in [0.2, 0.25) is 5.91 Å². The van der Waals surface area contributed by atoms with Gasteiger partial charge in [-0.1, -0.05) is 19.9 Å². The van der Waals surface area contributed by atoms with E-state index in [2.05, 4.69) is 25.2 Å². The summed E-state index contributed by atoms with van der Waals surface area (Å²) in [4.78, 5) is 11.8. The van der Waals surface area contributed by atoms with E-state index in [0.717, 1.165) is 37.8 Å². The fraction of sp³-hybridized carbons (Fsp3) is 0.857. The lowest BCUT2D eigenvalue weighted by atomic mass is 9.47. The fourth-order valence-corrected chi connectivity index (χ4v) is 7.49. The van der Waals surface area contributed by atoms with E-state index in [1.807, 2.05) is 13.8 Å². The molecule has 4 nitrogen and oxygen atoms in total. The first-order valence-corrected chi connectivity index (χ1v) is 9.98. The van der Waals surface area contributed by atoms with Crippen molar-refractivity contribution in [1.82, 2.24) is 5.32 Å². The SMILES string of the molecule is CC(C)(O)[C@H]1CCC2C3CC=C4NC(=O)CC[C@]4(C)C3C(O)C[C@@]21C.